The van der Waals surface area contributed by atoms with Gasteiger partial charge in [-0.2, -0.15) is 0 Å². The van der Waals surface area contributed by atoms with Crippen LogP contribution in [0.15, 0.2) is 52.1 Å². The van der Waals surface area contributed by atoms with Crippen molar-refractivity contribution >= 4 is 45.0 Å². The van der Waals surface area contributed by atoms with Gasteiger partial charge >= 0.3 is 0 Å². The molecule has 0 bridgehead atoms. The summed E-state index contributed by atoms with van der Waals surface area (Å²) in [6.45, 7) is 0. The summed E-state index contributed by atoms with van der Waals surface area (Å²) in [7, 11) is 0. The van der Waals surface area contributed by atoms with Crippen LogP contribution in [-0.4, -0.2) is 31.8 Å². The monoisotopic (exact) mass is 451 g/mol. The normalized spacial score (nSPS) is 10.6. The zero-order valence-corrected chi connectivity index (χ0v) is 15.9. The van der Waals surface area contributed by atoms with Crippen molar-refractivity contribution in [2.45, 2.75) is 5.16 Å². The predicted molar refractivity (Wildman–Crippen MR) is 102 cm³/mol. The Balaban J connectivity index is 1.60. The van der Waals surface area contributed by atoms with Gasteiger partial charge in [-0.25, -0.2) is 9.37 Å². The Morgan fingerprint density at radius 1 is 1.33 bits per heavy atom. The Kier molecular flexibility index (Phi) is 5.81. The quantitative estimate of drug-likeness (QED) is 0.332. The van der Waals surface area contributed by atoms with Crippen molar-refractivity contribution in [1.82, 2.24) is 15.2 Å². The van der Waals surface area contributed by atoms with Gasteiger partial charge in [0.05, 0.1) is 21.9 Å². The number of non-ortho nitro benzene ring substituents is 1. The van der Waals surface area contributed by atoms with Crippen molar-refractivity contribution in [3.05, 3.63) is 62.9 Å². The number of nitro groups is 1. The molecule has 11 heteroatoms. The number of nitrogens with one attached hydrogen (secondary N) is 2. The van der Waals surface area contributed by atoms with Crippen LogP contribution in [0.5, 0.6) is 0 Å². The number of nitro benzene ring substituents is 1. The van der Waals surface area contributed by atoms with Crippen molar-refractivity contribution in [2.75, 3.05) is 11.1 Å². The number of amides is 1. The van der Waals surface area contributed by atoms with Crippen LogP contribution < -0.4 is 5.32 Å². The van der Waals surface area contributed by atoms with Crippen LogP contribution in [0, 0.1) is 15.9 Å². The van der Waals surface area contributed by atoms with E-state index in [2.05, 4.69) is 36.4 Å². The van der Waals surface area contributed by atoms with Gasteiger partial charge in [0.15, 0.2) is 5.82 Å². The third-order valence-electron chi connectivity index (χ3n) is 3.36. The number of anilines is 1. The first-order valence-corrected chi connectivity index (χ1v) is 9.26. The van der Waals surface area contributed by atoms with E-state index in [-0.39, 0.29) is 28.7 Å². The van der Waals surface area contributed by atoms with Crippen molar-refractivity contribution in [2.24, 2.45) is 0 Å². The molecule has 2 N–H and O–H groups in total. The van der Waals surface area contributed by atoms with Gasteiger partial charge in [-0.05, 0) is 34.1 Å². The Bertz CT molecular complexity index is 1010. The molecule has 8 nitrogen and oxygen atoms in total. The molecule has 0 aliphatic rings. The fourth-order valence-electron chi connectivity index (χ4n) is 2.12. The number of rotatable bonds is 6. The lowest BCUT2D eigenvalue weighted by molar-refractivity contribution is -0.384. The van der Waals surface area contributed by atoms with Gasteiger partial charge in [-0.15, -0.1) is 5.10 Å². The van der Waals surface area contributed by atoms with Gasteiger partial charge in [0.1, 0.15) is 5.82 Å². The van der Waals surface area contributed by atoms with Crippen molar-refractivity contribution in [1.29, 1.82) is 0 Å². The van der Waals surface area contributed by atoms with E-state index < -0.39 is 10.7 Å². The van der Waals surface area contributed by atoms with E-state index >= 15 is 0 Å². The molecule has 0 unspecified atom stereocenters. The third kappa shape index (κ3) is 4.68. The summed E-state index contributed by atoms with van der Waals surface area (Å²) in [5, 5.41) is 20.3. The number of nitrogens with zero attached hydrogens (tertiary/aromatic N) is 3. The van der Waals surface area contributed by atoms with Gasteiger partial charge in [0.25, 0.3) is 5.69 Å². The van der Waals surface area contributed by atoms with Crippen LogP contribution in [0.1, 0.15) is 0 Å². The molecule has 1 heterocycles. The highest BCUT2D eigenvalue weighted by atomic mass is 79.9. The Hall–Kier alpha value is -2.79. The molecule has 138 valence electrons. The van der Waals surface area contributed by atoms with E-state index in [4.69, 9.17) is 0 Å². The summed E-state index contributed by atoms with van der Waals surface area (Å²) in [5.74, 6) is -0.482. The molecule has 0 atom stereocenters. The molecule has 3 aromatic rings. The lowest BCUT2D eigenvalue weighted by Gasteiger charge is -2.06. The van der Waals surface area contributed by atoms with E-state index in [9.17, 15) is 19.3 Å². The van der Waals surface area contributed by atoms with E-state index in [1.165, 1.54) is 24.3 Å². The number of hydrogen-bond donors (Lipinski definition) is 2. The number of aromatic nitrogens is 3. The van der Waals surface area contributed by atoms with E-state index in [0.717, 1.165) is 11.8 Å². The fourth-order valence-corrected chi connectivity index (χ4v) is 3.18. The van der Waals surface area contributed by atoms with Gasteiger partial charge < -0.3 is 5.32 Å². The van der Waals surface area contributed by atoms with Crippen LogP contribution in [0.3, 0.4) is 0 Å². The number of aromatic amines is 1. The zero-order chi connectivity index (χ0) is 19.4. The molecule has 1 amide bonds. The van der Waals surface area contributed by atoms with Crippen molar-refractivity contribution in [3.8, 4) is 11.4 Å². The van der Waals surface area contributed by atoms with E-state index in [1.54, 1.807) is 18.2 Å². The van der Waals surface area contributed by atoms with Crippen LogP contribution >= 0.6 is 27.7 Å². The first kappa shape index (κ1) is 19.0. The smallest absolute Gasteiger partial charge is 0.270 e. The van der Waals surface area contributed by atoms with Crippen LogP contribution in [-0.2, 0) is 4.79 Å². The molecule has 2 aromatic carbocycles. The molecule has 0 saturated heterocycles. The third-order valence-corrected chi connectivity index (χ3v) is 4.87. The summed E-state index contributed by atoms with van der Waals surface area (Å²) >= 11 is 4.26. The molecule has 1 aromatic heterocycles. The molecule has 0 fully saturated rings. The largest absolute Gasteiger partial charge is 0.324 e. The van der Waals surface area contributed by atoms with Crippen LogP contribution in [0.2, 0.25) is 0 Å². The SMILES string of the molecule is O=C(CSc1n[nH]c(-c2ccccc2F)n1)Nc1ccc([N+](=O)[O-])cc1Br. The first-order valence-electron chi connectivity index (χ1n) is 7.48. The molecular weight excluding hydrogens is 441 g/mol. The number of benzene rings is 2. The number of hydrogen-bond acceptors (Lipinski definition) is 6. The molecule has 3 rings (SSSR count). The molecule has 0 aliphatic heterocycles. The molecule has 0 saturated carbocycles. The topological polar surface area (TPSA) is 114 Å². The molecule has 27 heavy (non-hydrogen) atoms. The highest BCUT2D eigenvalue weighted by Crippen LogP contribution is 2.27. The summed E-state index contributed by atoms with van der Waals surface area (Å²) in [6, 6.07) is 10.2. The van der Waals surface area contributed by atoms with Crippen molar-refractivity contribution in [3.63, 3.8) is 0 Å². The van der Waals surface area contributed by atoms with E-state index in [1.807, 2.05) is 0 Å². The van der Waals surface area contributed by atoms with E-state index in [0.29, 0.717) is 15.3 Å². The van der Waals surface area contributed by atoms with Gasteiger partial charge in [0, 0.05) is 16.6 Å². The first-order chi connectivity index (χ1) is 12.9. The molecule has 0 spiro atoms. The summed E-state index contributed by atoms with van der Waals surface area (Å²) in [4.78, 5) is 26.4. The average molecular weight is 452 g/mol. The molecular formula is C16H11BrFN5O3S. The minimum atomic E-state index is -0.525. The summed E-state index contributed by atoms with van der Waals surface area (Å²) < 4.78 is 14.1. The number of thioether (sulfide) groups is 1. The Labute approximate surface area is 164 Å². The maximum atomic E-state index is 13.8. The second kappa shape index (κ2) is 8.27. The van der Waals surface area contributed by atoms with Crippen LogP contribution in [0.4, 0.5) is 15.8 Å². The minimum Gasteiger partial charge on any atom is -0.324 e. The highest BCUT2D eigenvalue weighted by Gasteiger charge is 2.14. The molecule has 0 radical (unpaired) electrons. The lowest BCUT2D eigenvalue weighted by Crippen LogP contribution is -2.14. The number of carbonyl (C=O) groups is 1. The standard InChI is InChI=1S/C16H11BrFN5O3S/c17-11-7-9(23(25)26)5-6-13(11)19-14(24)8-27-16-20-15(21-22-16)10-3-1-2-4-12(10)18/h1-7H,8H2,(H,19,24)(H,20,21,22). The predicted octanol–water partition coefficient (Wildman–Crippen LogP) is 4.01. The maximum absolute atomic E-state index is 13.8. The fraction of sp³-hybridized carbons (Fsp3) is 0.0625. The van der Waals surface area contributed by atoms with Crippen LogP contribution in [0.25, 0.3) is 11.4 Å². The van der Waals surface area contributed by atoms with Gasteiger partial charge in [-0.3, -0.25) is 20.0 Å². The number of carbonyl (C=O) groups excluding carboxylic acids is 1. The Morgan fingerprint density at radius 3 is 2.81 bits per heavy atom. The second-order valence-electron chi connectivity index (χ2n) is 5.20. The zero-order valence-electron chi connectivity index (χ0n) is 13.5. The molecule has 0 aliphatic carbocycles. The highest BCUT2D eigenvalue weighted by molar-refractivity contribution is 9.10. The minimum absolute atomic E-state index is 0.0119. The summed E-state index contributed by atoms with van der Waals surface area (Å²) in [5.41, 5.74) is 0.611. The second-order valence-corrected chi connectivity index (χ2v) is 7.00. The lowest BCUT2D eigenvalue weighted by atomic mass is 10.2. The maximum Gasteiger partial charge on any atom is 0.270 e. The summed E-state index contributed by atoms with van der Waals surface area (Å²) in [6.07, 6.45) is 0. The number of halogens is 2. The van der Waals surface area contributed by atoms with Gasteiger partial charge in [-0.1, -0.05) is 23.9 Å². The van der Waals surface area contributed by atoms with Gasteiger partial charge in [0.2, 0.25) is 11.1 Å². The Morgan fingerprint density at radius 2 is 2.11 bits per heavy atom. The number of H-pyrrole nitrogens is 1. The van der Waals surface area contributed by atoms with Crippen molar-refractivity contribution < 1.29 is 14.1 Å². The average Bonchev–Trinajstić information content (AvgIpc) is 3.10.